The van der Waals surface area contributed by atoms with E-state index in [2.05, 4.69) is 11.8 Å². The molecule has 0 radical (unpaired) electrons. The molecule has 0 aliphatic rings. The van der Waals surface area contributed by atoms with E-state index in [1.54, 1.807) is 19.1 Å². The molecule has 0 fully saturated rings. The fraction of sp³-hybridized carbons (Fsp3) is 0.333. The minimum Gasteiger partial charge on any atom is -0.320 e. The molecule has 0 saturated heterocycles. The van der Waals surface area contributed by atoms with Crippen LogP contribution in [0.5, 0.6) is 0 Å². The molecule has 7 heteroatoms. The Bertz CT molecular complexity index is 604. The molecule has 0 amide bonds. The fourth-order valence-corrected chi connectivity index (χ4v) is 2.65. The first-order valence-corrected chi connectivity index (χ1v) is 6.92. The third-order valence-electron chi connectivity index (χ3n) is 2.24. The van der Waals surface area contributed by atoms with Crippen LogP contribution < -0.4 is 10.5 Å². The van der Waals surface area contributed by atoms with Crippen LogP contribution in [0.1, 0.15) is 11.1 Å². The minimum absolute atomic E-state index is 0.0584. The van der Waals surface area contributed by atoms with Crippen molar-refractivity contribution in [2.24, 2.45) is 5.73 Å². The first-order chi connectivity index (χ1) is 8.86. The van der Waals surface area contributed by atoms with Crippen molar-refractivity contribution in [3.05, 3.63) is 29.3 Å². The maximum absolute atomic E-state index is 12.1. The average molecular weight is 288 g/mol. The van der Waals surface area contributed by atoms with Crippen LogP contribution in [0.3, 0.4) is 0 Å². The van der Waals surface area contributed by atoms with E-state index in [9.17, 15) is 17.2 Å². The number of halogens is 2. The lowest BCUT2D eigenvalue weighted by Crippen LogP contribution is -2.29. The van der Waals surface area contributed by atoms with Gasteiger partial charge in [0.25, 0.3) is 6.43 Å². The van der Waals surface area contributed by atoms with E-state index in [0.717, 1.165) is 0 Å². The van der Waals surface area contributed by atoms with Gasteiger partial charge in [-0.3, -0.25) is 0 Å². The summed E-state index contributed by atoms with van der Waals surface area (Å²) in [6.07, 6.45) is -2.74. The van der Waals surface area contributed by atoms with Gasteiger partial charge in [0.2, 0.25) is 10.0 Å². The summed E-state index contributed by atoms with van der Waals surface area (Å²) in [5, 5.41) is 0. The number of hydrogen-bond acceptors (Lipinski definition) is 3. The van der Waals surface area contributed by atoms with E-state index in [1.807, 2.05) is 4.72 Å². The number of aryl methyl sites for hydroxylation is 1. The van der Waals surface area contributed by atoms with Gasteiger partial charge in [0.05, 0.1) is 18.0 Å². The second-order valence-corrected chi connectivity index (χ2v) is 5.46. The molecule has 0 aliphatic carbocycles. The molecule has 19 heavy (non-hydrogen) atoms. The zero-order valence-corrected chi connectivity index (χ0v) is 11.1. The maximum atomic E-state index is 12.1. The predicted molar refractivity (Wildman–Crippen MR) is 68.3 cm³/mol. The largest absolute Gasteiger partial charge is 0.320 e. The fourth-order valence-electron chi connectivity index (χ4n) is 1.37. The number of alkyl halides is 2. The number of rotatable bonds is 4. The molecular weight excluding hydrogens is 274 g/mol. The highest BCUT2D eigenvalue weighted by atomic mass is 32.2. The Kier molecular flexibility index (Phi) is 5.42. The van der Waals surface area contributed by atoms with Crippen LogP contribution in [0.15, 0.2) is 23.1 Å². The molecule has 1 aromatic rings. The molecule has 0 bridgehead atoms. The number of nitrogens with two attached hydrogens (primary N) is 1. The molecule has 0 spiro atoms. The Morgan fingerprint density at radius 3 is 2.68 bits per heavy atom. The number of nitrogens with one attached hydrogen (secondary N) is 1. The summed E-state index contributed by atoms with van der Waals surface area (Å²) in [6.45, 7) is 0.817. The standard InChI is InChI=1S/C12H14F2N2O2S/c1-9-4-5-10(3-2-6-15)7-11(9)19(17,18)16-8-12(13)14/h4-5,7,12,16H,6,8,15H2,1H3. The third kappa shape index (κ3) is 4.59. The van der Waals surface area contributed by atoms with Crippen molar-refractivity contribution in [1.29, 1.82) is 0 Å². The lowest BCUT2D eigenvalue weighted by Gasteiger charge is -2.09. The van der Waals surface area contributed by atoms with E-state index < -0.39 is 23.0 Å². The number of sulfonamides is 1. The van der Waals surface area contributed by atoms with Crippen molar-refractivity contribution < 1.29 is 17.2 Å². The zero-order valence-electron chi connectivity index (χ0n) is 10.3. The highest BCUT2D eigenvalue weighted by Crippen LogP contribution is 2.16. The molecule has 3 N–H and O–H groups in total. The Balaban J connectivity index is 3.11. The third-order valence-corrected chi connectivity index (χ3v) is 3.81. The molecule has 0 aliphatic heterocycles. The van der Waals surface area contributed by atoms with E-state index in [-0.39, 0.29) is 11.4 Å². The Morgan fingerprint density at radius 2 is 2.11 bits per heavy atom. The SMILES string of the molecule is Cc1ccc(C#CCN)cc1S(=O)(=O)NCC(F)F. The molecule has 4 nitrogen and oxygen atoms in total. The van der Waals surface area contributed by atoms with Gasteiger partial charge in [0.15, 0.2) is 0 Å². The summed E-state index contributed by atoms with van der Waals surface area (Å²) < 4.78 is 49.7. The molecule has 0 aromatic heterocycles. The molecule has 1 rings (SSSR count). The van der Waals surface area contributed by atoms with Gasteiger partial charge in [-0.15, -0.1) is 0 Å². The van der Waals surface area contributed by atoms with Gasteiger partial charge in [0, 0.05) is 5.56 Å². The molecule has 0 saturated carbocycles. The van der Waals surface area contributed by atoms with Gasteiger partial charge >= 0.3 is 0 Å². The van der Waals surface area contributed by atoms with Crippen molar-refractivity contribution in [2.45, 2.75) is 18.2 Å². The zero-order chi connectivity index (χ0) is 14.5. The van der Waals surface area contributed by atoms with E-state index >= 15 is 0 Å². The lowest BCUT2D eigenvalue weighted by molar-refractivity contribution is 0.153. The van der Waals surface area contributed by atoms with Crippen LogP contribution in [0.2, 0.25) is 0 Å². The highest BCUT2D eigenvalue weighted by Gasteiger charge is 2.18. The van der Waals surface area contributed by atoms with Crippen LogP contribution in [-0.2, 0) is 10.0 Å². The van der Waals surface area contributed by atoms with E-state index in [1.165, 1.54) is 6.07 Å². The lowest BCUT2D eigenvalue weighted by atomic mass is 10.1. The van der Waals surface area contributed by atoms with Gasteiger partial charge in [-0.05, 0) is 24.6 Å². The molecule has 0 atom stereocenters. The van der Waals surface area contributed by atoms with E-state index in [0.29, 0.717) is 11.1 Å². The van der Waals surface area contributed by atoms with Gasteiger partial charge in [-0.1, -0.05) is 17.9 Å². The second-order valence-electron chi connectivity index (χ2n) is 3.73. The van der Waals surface area contributed by atoms with Crippen LogP contribution in [0.4, 0.5) is 8.78 Å². The van der Waals surface area contributed by atoms with E-state index in [4.69, 9.17) is 5.73 Å². The van der Waals surface area contributed by atoms with Crippen LogP contribution in [0.25, 0.3) is 0 Å². The normalized spacial score (nSPS) is 11.2. The molecule has 104 valence electrons. The summed E-state index contributed by atoms with van der Waals surface area (Å²) in [5.74, 6) is 5.29. The summed E-state index contributed by atoms with van der Waals surface area (Å²) >= 11 is 0. The Labute approximate surface area is 111 Å². The molecule has 0 heterocycles. The molecule has 1 aromatic carbocycles. The second kappa shape index (κ2) is 6.61. The highest BCUT2D eigenvalue weighted by molar-refractivity contribution is 7.89. The summed E-state index contributed by atoms with van der Waals surface area (Å²) in [6, 6.07) is 4.55. The predicted octanol–water partition coefficient (Wildman–Crippen LogP) is 0.849. The van der Waals surface area contributed by atoms with Crippen LogP contribution in [0, 0.1) is 18.8 Å². The number of benzene rings is 1. The van der Waals surface area contributed by atoms with Crippen LogP contribution in [-0.4, -0.2) is 27.9 Å². The quantitative estimate of drug-likeness (QED) is 0.807. The van der Waals surface area contributed by atoms with Crippen molar-refractivity contribution >= 4 is 10.0 Å². The first-order valence-electron chi connectivity index (χ1n) is 5.44. The van der Waals surface area contributed by atoms with Crippen molar-refractivity contribution in [1.82, 2.24) is 4.72 Å². The minimum atomic E-state index is -3.96. The number of hydrogen-bond donors (Lipinski definition) is 2. The van der Waals surface area contributed by atoms with Crippen molar-refractivity contribution in [3.63, 3.8) is 0 Å². The summed E-state index contributed by atoms with van der Waals surface area (Å²) in [7, 11) is -3.96. The molecule has 0 unspecified atom stereocenters. The first kappa shape index (κ1) is 15.6. The van der Waals surface area contributed by atoms with Gasteiger partial charge < -0.3 is 5.73 Å². The molecular formula is C12H14F2N2O2S. The topological polar surface area (TPSA) is 72.2 Å². The monoisotopic (exact) mass is 288 g/mol. The van der Waals surface area contributed by atoms with Gasteiger partial charge in [-0.2, -0.15) is 0 Å². The van der Waals surface area contributed by atoms with Gasteiger partial charge in [-0.25, -0.2) is 21.9 Å². The maximum Gasteiger partial charge on any atom is 0.251 e. The Hall–Kier alpha value is -1.49. The van der Waals surface area contributed by atoms with Crippen molar-refractivity contribution in [3.8, 4) is 11.8 Å². The Morgan fingerprint density at radius 1 is 1.42 bits per heavy atom. The summed E-state index contributed by atoms with van der Waals surface area (Å²) in [4.78, 5) is -0.0584. The smallest absolute Gasteiger partial charge is 0.251 e. The average Bonchev–Trinajstić information content (AvgIpc) is 2.35. The van der Waals surface area contributed by atoms with Crippen molar-refractivity contribution in [2.75, 3.05) is 13.1 Å². The summed E-state index contributed by atoms with van der Waals surface area (Å²) in [5.41, 5.74) is 6.15. The van der Waals surface area contributed by atoms with Gasteiger partial charge in [0.1, 0.15) is 0 Å². The van der Waals surface area contributed by atoms with Crippen LogP contribution >= 0.6 is 0 Å².